The van der Waals surface area contributed by atoms with Crippen LogP contribution in [-0.2, 0) is 0 Å². The van der Waals surface area contributed by atoms with Crippen molar-refractivity contribution in [2.75, 3.05) is 18.6 Å². The molecular formula is C15H19N5O3S. The first kappa shape index (κ1) is 15.7. The summed E-state index contributed by atoms with van der Waals surface area (Å²) in [7, 11) is 0. The highest BCUT2D eigenvalue weighted by molar-refractivity contribution is 7.98. The third-order valence-electron chi connectivity index (χ3n) is 5.36. The normalized spacial score (nSPS) is 29.6. The van der Waals surface area contributed by atoms with Crippen LogP contribution in [0, 0.1) is 11.3 Å². The van der Waals surface area contributed by atoms with Crippen molar-refractivity contribution < 1.29 is 15.3 Å². The fourth-order valence-electron chi connectivity index (χ4n) is 4.16. The van der Waals surface area contributed by atoms with Crippen molar-refractivity contribution in [3.05, 3.63) is 12.1 Å². The van der Waals surface area contributed by atoms with Crippen LogP contribution in [0.25, 0.3) is 16.9 Å². The molecular weight excluding hydrogens is 330 g/mol. The van der Waals surface area contributed by atoms with Crippen molar-refractivity contribution in [2.45, 2.75) is 30.5 Å². The summed E-state index contributed by atoms with van der Waals surface area (Å²) in [6.07, 6.45) is 4.66. The fourth-order valence-corrected chi connectivity index (χ4v) is 4.53. The number of imidazole rings is 1. The van der Waals surface area contributed by atoms with Crippen molar-refractivity contribution in [3.63, 3.8) is 0 Å². The third-order valence-corrected chi connectivity index (χ3v) is 5.91. The Morgan fingerprint density at radius 2 is 2.25 bits per heavy atom. The summed E-state index contributed by atoms with van der Waals surface area (Å²) in [6, 6.07) is 0. The zero-order valence-electron chi connectivity index (χ0n) is 13.2. The van der Waals surface area contributed by atoms with E-state index >= 15 is 0 Å². The lowest BCUT2D eigenvalue weighted by molar-refractivity contribution is -0.0135. The van der Waals surface area contributed by atoms with E-state index < -0.39 is 11.5 Å². The molecule has 3 atom stereocenters. The molecule has 0 saturated heterocycles. The first-order valence-electron chi connectivity index (χ1n) is 7.80. The second-order valence-corrected chi connectivity index (χ2v) is 7.16. The Hall–Kier alpha value is -1.84. The number of aliphatic hydroxyl groups excluding tert-OH is 3. The van der Waals surface area contributed by atoms with Gasteiger partial charge in [0.25, 0.3) is 0 Å². The van der Waals surface area contributed by atoms with Crippen molar-refractivity contribution in [2.24, 2.45) is 11.3 Å². The van der Waals surface area contributed by atoms with Crippen molar-refractivity contribution in [1.29, 1.82) is 0 Å². The number of rotatable bonds is 3. The smallest absolute Gasteiger partial charge is 0.191 e. The zero-order valence-corrected chi connectivity index (χ0v) is 14.0. The summed E-state index contributed by atoms with van der Waals surface area (Å²) in [5.74, 6) is 0.0151. The minimum Gasteiger partial charge on any atom is -0.508 e. The average Bonchev–Trinajstić information content (AvgIpc) is 3.24. The maximum Gasteiger partial charge on any atom is 0.191 e. The van der Waals surface area contributed by atoms with E-state index in [9.17, 15) is 15.3 Å². The Bertz CT molecular complexity index is 851. The van der Waals surface area contributed by atoms with Gasteiger partial charge in [-0.3, -0.25) is 4.57 Å². The summed E-state index contributed by atoms with van der Waals surface area (Å²) in [6.45, 7) is -0.174. The summed E-state index contributed by atoms with van der Waals surface area (Å²) in [5.41, 5.74) is 6.75. The van der Waals surface area contributed by atoms with Crippen LogP contribution < -0.4 is 5.73 Å². The van der Waals surface area contributed by atoms with E-state index in [-0.39, 0.29) is 24.1 Å². The molecule has 1 saturated carbocycles. The minimum atomic E-state index is -1.08. The predicted molar refractivity (Wildman–Crippen MR) is 90.2 cm³/mol. The number of hydrogen-bond acceptors (Lipinski definition) is 8. The van der Waals surface area contributed by atoms with E-state index in [4.69, 9.17) is 5.73 Å². The summed E-state index contributed by atoms with van der Waals surface area (Å²) < 4.78 is 1.68. The molecule has 2 aromatic heterocycles. The summed E-state index contributed by atoms with van der Waals surface area (Å²) in [5, 5.41) is 31.5. The van der Waals surface area contributed by atoms with Gasteiger partial charge in [0.1, 0.15) is 18.2 Å². The lowest BCUT2D eigenvalue weighted by Crippen LogP contribution is -2.38. The van der Waals surface area contributed by atoms with E-state index in [1.807, 2.05) is 6.26 Å². The Kier molecular flexibility index (Phi) is 3.48. The molecule has 2 aliphatic carbocycles. The van der Waals surface area contributed by atoms with Crippen molar-refractivity contribution in [3.8, 4) is 0 Å². The Balaban J connectivity index is 1.93. The molecule has 2 aromatic rings. The molecule has 0 amide bonds. The number of thioether (sulfide) groups is 1. The van der Waals surface area contributed by atoms with Gasteiger partial charge in [-0.15, -0.1) is 0 Å². The zero-order chi connectivity index (χ0) is 17.1. The molecule has 2 aliphatic rings. The maximum atomic E-state index is 10.6. The second-order valence-electron chi connectivity index (χ2n) is 6.39. The number of nitrogens with zero attached hydrogens (tertiary/aromatic N) is 4. The largest absolute Gasteiger partial charge is 0.508 e. The van der Waals surface area contributed by atoms with Gasteiger partial charge >= 0.3 is 0 Å². The van der Waals surface area contributed by atoms with Crippen LogP contribution in [0.1, 0.15) is 19.3 Å². The summed E-state index contributed by atoms with van der Waals surface area (Å²) >= 11 is 1.37. The minimum absolute atomic E-state index is 0.115. The third kappa shape index (κ3) is 1.86. The molecule has 0 bridgehead atoms. The molecule has 2 heterocycles. The standard InChI is InChI=1S/C15H19N5O3S/c1-24-14-18-12(16)8-13(19-14)20(6-17-8)9-7-3-2-4-15(7,5-21)11(23)10(9)22/h6-7,11,21-23H,2-5H2,1H3,(H2,16,18,19)/t7-,11?,15+/m1/s1. The predicted octanol–water partition coefficient (Wildman–Crippen LogP) is 1.01. The highest BCUT2D eigenvalue weighted by Gasteiger charge is 2.57. The lowest BCUT2D eigenvalue weighted by Gasteiger charge is -2.31. The fraction of sp³-hybridized carbons (Fsp3) is 0.533. The van der Waals surface area contributed by atoms with Crippen molar-refractivity contribution in [1.82, 2.24) is 19.5 Å². The van der Waals surface area contributed by atoms with Gasteiger partial charge in [-0.1, -0.05) is 18.2 Å². The van der Waals surface area contributed by atoms with Crippen LogP contribution in [0.3, 0.4) is 0 Å². The lowest BCUT2D eigenvalue weighted by atomic mass is 9.78. The van der Waals surface area contributed by atoms with Crippen molar-refractivity contribution >= 4 is 34.4 Å². The second kappa shape index (κ2) is 5.33. The Morgan fingerprint density at radius 3 is 2.96 bits per heavy atom. The number of aromatic nitrogens is 4. The molecule has 1 unspecified atom stereocenters. The first-order chi connectivity index (χ1) is 11.5. The van der Waals surface area contributed by atoms with Crippen LogP contribution in [0.4, 0.5) is 5.82 Å². The first-order valence-corrected chi connectivity index (χ1v) is 9.03. The van der Waals surface area contributed by atoms with E-state index in [1.165, 1.54) is 11.8 Å². The molecule has 0 aliphatic heterocycles. The van der Waals surface area contributed by atoms with Gasteiger partial charge in [0.15, 0.2) is 22.1 Å². The van der Waals surface area contributed by atoms with Crippen LogP contribution >= 0.6 is 11.8 Å². The van der Waals surface area contributed by atoms with Crippen LogP contribution in [0.2, 0.25) is 0 Å². The van der Waals surface area contributed by atoms with E-state index in [1.54, 1.807) is 10.9 Å². The SMILES string of the molecule is CSc1nc(N)c2ncn(C3=C(O)C(O)[C@]4(CO)CCC[C@H]34)c2n1. The van der Waals surface area contributed by atoms with E-state index in [0.29, 0.717) is 28.4 Å². The number of fused-ring (bicyclic) bond motifs is 2. The quantitative estimate of drug-likeness (QED) is 0.477. The molecule has 24 heavy (non-hydrogen) atoms. The van der Waals surface area contributed by atoms with Crippen LogP contribution in [-0.4, -0.2) is 53.8 Å². The van der Waals surface area contributed by atoms with Gasteiger partial charge in [0.2, 0.25) is 0 Å². The van der Waals surface area contributed by atoms with Crippen LogP contribution in [0.15, 0.2) is 17.2 Å². The molecule has 0 radical (unpaired) electrons. The summed E-state index contributed by atoms with van der Waals surface area (Å²) in [4.78, 5) is 12.9. The highest BCUT2D eigenvalue weighted by atomic mass is 32.2. The van der Waals surface area contributed by atoms with Gasteiger partial charge in [-0.2, -0.15) is 0 Å². The van der Waals surface area contributed by atoms with Gasteiger partial charge < -0.3 is 21.1 Å². The molecule has 9 heteroatoms. The highest BCUT2D eigenvalue weighted by Crippen LogP contribution is 2.57. The van der Waals surface area contributed by atoms with Crippen LogP contribution in [0.5, 0.6) is 0 Å². The number of aliphatic hydroxyl groups is 3. The molecule has 0 spiro atoms. The molecule has 0 aromatic carbocycles. The van der Waals surface area contributed by atoms with Gasteiger partial charge in [0, 0.05) is 11.3 Å². The number of nitrogens with two attached hydrogens (primary N) is 1. The van der Waals surface area contributed by atoms with E-state index in [0.717, 1.165) is 12.8 Å². The van der Waals surface area contributed by atoms with Gasteiger partial charge in [-0.05, 0) is 19.1 Å². The Morgan fingerprint density at radius 1 is 1.46 bits per heavy atom. The Labute approximate surface area is 142 Å². The number of nitrogen functional groups attached to an aromatic ring is 1. The average molecular weight is 349 g/mol. The van der Waals surface area contributed by atoms with Gasteiger partial charge in [0.05, 0.1) is 12.3 Å². The van der Waals surface area contributed by atoms with Gasteiger partial charge in [-0.25, -0.2) is 15.0 Å². The molecule has 4 rings (SSSR count). The topological polar surface area (TPSA) is 130 Å². The number of hydrogen-bond donors (Lipinski definition) is 4. The molecule has 1 fully saturated rings. The maximum absolute atomic E-state index is 10.6. The molecule has 8 nitrogen and oxygen atoms in total. The molecule has 5 N–H and O–H groups in total. The number of anilines is 1. The monoisotopic (exact) mass is 349 g/mol. The molecule has 128 valence electrons. The number of allylic oxidation sites excluding steroid dienone is 1. The van der Waals surface area contributed by atoms with E-state index in [2.05, 4.69) is 15.0 Å².